The molecule has 8 aliphatic rings. The Labute approximate surface area is 848 Å². The highest BCUT2D eigenvalue weighted by atomic mass is 16.5. The molecule has 8 fully saturated rings. The van der Waals surface area contributed by atoms with E-state index < -0.39 is 22.2 Å². The summed E-state index contributed by atoms with van der Waals surface area (Å²) in [6, 6.07) is 51.2. The number of ether oxygens (including phenoxy) is 4. The van der Waals surface area contributed by atoms with Gasteiger partial charge < -0.3 is 61.5 Å². The number of fused-ring (bicyclic) bond motifs is 12. The summed E-state index contributed by atoms with van der Waals surface area (Å²) < 4.78 is 31.5. The number of nitrogen functional groups attached to an aromatic ring is 4. The molecular formula is C112H100N24O12. The van der Waals surface area contributed by atoms with Crippen molar-refractivity contribution < 1.29 is 57.3 Å². The van der Waals surface area contributed by atoms with Gasteiger partial charge in [0.2, 0.25) is 11.8 Å². The van der Waals surface area contributed by atoms with Gasteiger partial charge in [0, 0.05) is 168 Å². The summed E-state index contributed by atoms with van der Waals surface area (Å²) in [6.45, 7) is 14.0. The van der Waals surface area contributed by atoms with E-state index in [9.17, 15) is 38.4 Å². The predicted octanol–water partition coefficient (Wildman–Crippen LogP) is 11.7. The Bertz CT molecular complexity index is 8080. The molecular weight excluding hydrogens is 1870 g/mol. The molecule has 36 heteroatoms. The van der Waals surface area contributed by atoms with Crippen LogP contribution >= 0.6 is 0 Å². The van der Waals surface area contributed by atoms with Crippen LogP contribution in [0.3, 0.4) is 0 Å². The molecule has 4 aromatic carbocycles. The number of rotatable bonds is 22. The second-order valence-corrected chi connectivity index (χ2v) is 37.5. The standard InChI is InChI=1S/C29H26N6O3.C28H26N6O3.C28H24N6O3.C27H24N6O3/c1-2-5-24(37)35-22-11-12-29(35,18-38-17-22)28-33-25(26-27(30)32-14-15-34(26)28)20-9-7-19(8-10-20)23(36)16-21-6-3-4-13-31-21;1-2-23(36)34-21-10-11-28(34,17-37-16-21)27-32-24(25-26(29)31-13-14-33(25)27)19-8-6-18(7-9-19)22(35)15-20-5-3-4-12-30-20;1-2-5-23(36)34-16-21-15-28(34,17-37-21)27-32-24(25-26(29)31-12-13-33(25)27)19-9-7-18(8-10-19)22(35)14-20-6-3-4-11-30-20;1-2-22(35)33-15-20-14-27(33,16-36-20)26-31-23(24-25(28)30-11-12-32(24)26)18-8-6-17(7-9-18)21(34)13-19-5-3-4-10-29-19/h3-4,6-10,13-15,22H,11-12,16-18H2,1H3,(H2,30,32);2-9,12-14,21H,1,10-11,15-17H2,(H2,29,31);3-4,6-13,21H,14-17H2,1H3,(H2,29,31);2-12,20H,1,13-16H2,(H2,28,30). The molecule has 4 amide bonds. The summed E-state index contributed by atoms with van der Waals surface area (Å²) in [5, 5.41) is 0. The first-order chi connectivity index (χ1) is 72.0. The van der Waals surface area contributed by atoms with E-state index in [1.807, 2.05) is 161 Å². The van der Waals surface area contributed by atoms with Crippen LogP contribution in [0.5, 0.6) is 0 Å². The van der Waals surface area contributed by atoms with Crippen molar-refractivity contribution in [2.45, 2.75) is 125 Å². The fourth-order valence-corrected chi connectivity index (χ4v) is 21.9. The number of carbonyl (C=O) groups excluding carboxylic acids is 8. The largest absolute Gasteiger partial charge is 0.382 e. The Morgan fingerprint density at radius 2 is 0.669 bits per heavy atom. The summed E-state index contributed by atoms with van der Waals surface area (Å²) in [5.41, 5.74) is 35.9. The van der Waals surface area contributed by atoms with Crippen molar-refractivity contribution in [2.24, 2.45) is 0 Å². The van der Waals surface area contributed by atoms with E-state index in [0.29, 0.717) is 186 Å². The van der Waals surface area contributed by atoms with Crippen LogP contribution in [0.2, 0.25) is 0 Å². The van der Waals surface area contributed by atoms with E-state index in [4.69, 9.17) is 61.8 Å². The van der Waals surface area contributed by atoms with Crippen molar-refractivity contribution >= 4 is 92.1 Å². The Kier molecular flexibility index (Phi) is 26.1. The second-order valence-electron chi connectivity index (χ2n) is 37.5. The zero-order chi connectivity index (χ0) is 102. The number of imidazole rings is 4. The first-order valence-electron chi connectivity index (χ1n) is 48.5. The highest BCUT2D eigenvalue weighted by molar-refractivity contribution is 6.02. The van der Waals surface area contributed by atoms with E-state index in [1.165, 1.54) is 12.2 Å². The molecule has 740 valence electrons. The van der Waals surface area contributed by atoms with Crippen LogP contribution in [0.1, 0.15) is 140 Å². The van der Waals surface area contributed by atoms with Crippen molar-refractivity contribution in [1.82, 2.24) is 97.0 Å². The lowest BCUT2D eigenvalue weighted by Crippen LogP contribution is -2.56. The quantitative estimate of drug-likeness (QED) is 0.0278. The molecule has 8 N–H and O–H groups in total. The maximum atomic E-state index is 13.1. The first-order valence-corrected chi connectivity index (χ1v) is 48.5. The molecule has 8 saturated heterocycles. The van der Waals surface area contributed by atoms with Gasteiger partial charge in [-0.3, -0.25) is 75.9 Å². The van der Waals surface area contributed by atoms with Gasteiger partial charge in [-0.2, -0.15) is 0 Å². The van der Waals surface area contributed by atoms with Gasteiger partial charge in [0.1, 0.15) is 114 Å². The van der Waals surface area contributed by atoms with E-state index in [1.54, 1.807) is 134 Å². The van der Waals surface area contributed by atoms with E-state index in [0.717, 1.165) is 64.3 Å². The summed E-state index contributed by atoms with van der Waals surface area (Å²) in [4.78, 5) is 165. The number of nitrogens with zero attached hydrogens (tertiary/aromatic N) is 20. The molecule has 24 rings (SSSR count). The average Bonchev–Trinajstić information content (AvgIpc) is 1.57. The number of aromatic nitrogens is 16. The molecule has 0 saturated carbocycles. The molecule has 0 radical (unpaired) electrons. The van der Waals surface area contributed by atoms with Crippen molar-refractivity contribution in [2.75, 3.05) is 75.7 Å². The smallest absolute Gasteiger partial charge is 0.299 e. The number of carbonyl (C=O) groups is 8. The maximum Gasteiger partial charge on any atom is 0.299 e. The van der Waals surface area contributed by atoms with Crippen LogP contribution in [0.15, 0.2) is 270 Å². The normalized spacial score (nSPS) is 20.4. The minimum Gasteiger partial charge on any atom is -0.382 e. The third-order valence-corrected chi connectivity index (χ3v) is 28.8. The predicted molar refractivity (Wildman–Crippen MR) is 548 cm³/mol. The Morgan fingerprint density at radius 1 is 0.365 bits per heavy atom. The topological polar surface area (TPSA) is 463 Å². The Hall–Kier alpha value is -17.8. The zero-order valence-corrected chi connectivity index (χ0v) is 80.9. The van der Waals surface area contributed by atoms with Crippen molar-refractivity contribution in [3.8, 4) is 68.7 Å². The molecule has 0 aliphatic carbocycles. The summed E-state index contributed by atoms with van der Waals surface area (Å²) >= 11 is 0. The van der Waals surface area contributed by atoms with Crippen molar-refractivity contribution in [3.63, 3.8) is 0 Å². The van der Waals surface area contributed by atoms with Crippen molar-refractivity contribution in [3.05, 3.63) is 338 Å². The summed E-state index contributed by atoms with van der Waals surface area (Å²) in [6.07, 6.45) is 28.2. The third-order valence-electron chi connectivity index (χ3n) is 28.8. The number of ketones is 4. The monoisotopic (exact) mass is 1970 g/mol. The fourth-order valence-electron chi connectivity index (χ4n) is 21.9. The molecule has 12 aromatic heterocycles. The maximum absolute atomic E-state index is 13.1. The number of hydrogen-bond donors (Lipinski definition) is 4. The lowest BCUT2D eigenvalue weighted by atomic mass is 9.95. The number of nitrogens with two attached hydrogens (primary N) is 4. The highest BCUT2D eigenvalue weighted by Gasteiger charge is 2.61. The van der Waals surface area contributed by atoms with Crippen LogP contribution < -0.4 is 22.9 Å². The van der Waals surface area contributed by atoms with Gasteiger partial charge in [-0.25, -0.2) is 39.9 Å². The van der Waals surface area contributed by atoms with E-state index in [2.05, 4.69) is 76.7 Å². The van der Waals surface area contributed by atoms with Crippen LogP contribution in [0, 0.1) is 23.7 Å². The highest BCUT2D eigenvalue weighted by Crippen LogP contribution is 2.52. The number of benzene rings is 4. The lowest BCUT2D eigenvalue weighted by Gasteiger charge is -2.43. The van der Waals surface area contributed by atoms with Crippen molar-refractivity contribution in [1.29, 1.82) is 0 Å². The molecule has 8 unspecified atom stereocenters. The number of anilines is 4. The number of Topliss-reactive ketones (excluding diaryl/α,β-unsaturated/α-hetero) is 4. The number of morpholine rings is 4. The minimum absolute atomic E-state index is 0.0179. The van der Waals surface area contributed by atoms with E-state index >= 15 is 0 Å². The van der Waals surface area contributed by atoms with Gasteiger partial charge >= 0.3 is 0 Å². The number of amides is 4. The molecule has 36 nitrogen and oxygen atoms in total. The Balaban J connectivity index is 0.000000116. The molecule has 0 spiro atoms. The Morgan fingerprint density at radius 3 is 0.980 bits per heavy atom. The van der Waals surface area contributed by atoms with Crippen LogP contribution in [-0.4, -0.2) is 221 Å². The molecule has 148 heavy (non-hydrogen) atoms. The van der Waals surface area contributed by atoms with Crippen LogP contribution in [0.25, 0.3) is 67.1 Å². The van der Waals surface area contributed by atoms with Gasteiger partial charge in [-0.1, -0.05) is 146 Å². The van der Waals surface area contributed by atoms with Gasteiger partial charge in [-0.15, -0.1) is 0 Å². The minimum atomic E-state index is -0.766. The fraction of sp³-hybridized carbons (Fsp3) is 0.250. The number of hydrogen-bond acceptors (Lipinski definition) is 28. The zero-order valence-electron chi connectivity index (χ0n) is 80.9. The molecule has 8 atom stereocenters. The average molecular weight is 1970 g/mol. The van der Waals surface area contributed by atoms with Crippen LogP contribution in [-0.2, 0) is 86.0 Å². The summed E-state index contributed by atoms with van der Waals surface area (Å²) in [7, 11) is 0. The van der Waals surface area contributed by atoms with E-state index in [-0.39, 0.29) is 96.7 Å². The second kappa shape index (κ2) is 40.0. The van der Waals surface area contributed by atoms with Gasteiger partial charge in [0.15, 0.2) is 23.1 Å². The number of likely N-dealkylation sites (tertiary alicyclic amines) is 2. The SMILES string of the molecule is C=CC(=O)N1C2CCC1(c1nc(-c3ccc(C(=O)Cc4ccccn4)cc3)c3c(N)nccn13)COC2.C=CC(=O)N1CC2CC1(c1nc(-c3ccc(C(=O)Cc4ccccn4)cc3)c3c(N)nccn13)CO2.CC#CC(=O)N1C2CCC1(c1nc(-c3ccc(C(=O)Cc4ccccn4)cc3)c3c(N)nccn13)COC2.CC#CC(=O)N1CC2CC1(c1nc(-c3ccc(C(=O)Cc4ccccn4)cc3)c3c(N)nccn13)CO2. The van der Waals surface area contributed by atoms with Gasteiger partial charge in [0.25, 0.3) is 11.8 Å². The number of pyridine rings is 4. The molecule has 16 aromatic rings. The molecule has 8 bridgehead atoms. The lowest BCUT2D eigenvalue weighted by molar-refractivity contribution is -0.146. The van der Waals surface area contributed by atoms with Gasteiger partial charge in [0.05, 0.1) is 89.6 Å². The van der Waals surface area contributed by atoms with Crippen LogP contribution in [0.4, 0.5) is 23.3 Å². The summed E-state index contributed by atoms with van der Waals surface area (Å²) in [5.74, 6) is 14.0. The molecule has 8 aliphatic heterocycles. The molecule has 20 heterocycles. The first kappa shape index (κ1) is 96.3. The third kappa shape index (κ3) is 17.5. The van der Waals surface area contributed by atoms with Gasteiger partial charge in [-0.05, 0) is 112 Å².